The summed E-state index contributed by atoms with van der Waals surface area (Å²) < 4.78 is 5.51. The van der Waals surface area contributed by atoms with Crippen molar-refractivity contribution in [2.24, 2.45) is 0 Å². The fourth-order valence-electron chi connectivity index (χ4n) is 3.06. The Morgan fingerprint density at radius 3 is 2.46 bits per heavy atom. The molecule has 0 saturated carbocycles. The Morgan fingerprint density at radius 2 is 1.65 bits per heavy atom. The van der Waals surface area contributed by atoms with E-state index in [4.69, 9.17) is 4.52 Å². The van der Waals surface area contributed by atoms with Crippen LogP contribution in [0, 0.1) is 0 Å². The average molecular weight is 343 g/mol. The van der Waals surface area contributed by atoms with Gasteiger partial charge in [-0.3, -0.25) is 4.90 Å². The lowest BCUT2D eigenvalue weighted by Crippen LogP contribution is -2.22. The summed E-state index contributed by atoms with van der Waals surface area (Å²) in [7, 11) is 2.08. The second-order valence-electron chi connectivity index (χ2n) is 6.59. The first-order valence-electron chi connectivity index (χ1n) is 8.77. The van der Waals surface area contributed by atoms with Gasteiger partial charge in [0.25, 0.3) is 0 Å². The van der Waals surface area contributed by atoms with Crippen LogP contribution < -0.4 is 0 Å². The van der Waals surface area contributed by atoms with Crippen molar-refractivity contribution in [1.29, 1.82) is 0 Å². The normalized spacial score (nSPS) is 12.6. The molecule has 0 radical (unpaired) electrons. The average Bonchev–Trinajstić information content (AvgIpc) is 3.18. The van der Waals surface area contributed by atoms with Crippen molar-refractivity contribution in [3.05, 3.63) is 84.3 Å². The van der Waals surface area contributed by atoms with Crippen LogP contribution in [0.15, 0.2) is 77.3 Å². The Hall–Kier alpha value is -2.98. The molecule has 4 heteroatoms. The quantitative estimate of drug-likeness (QED) is 0.506. The SMILES string of the molecule is CC(c1nc(-c2ccccc2)no1)N(C)Cc1ccc2ccccc2c1. The summed E-state index contributed by atoms with van der Waals surface area (Å²) in [5.74, 6) is 1.26. The van der Waals surface area contributed by atoms with Crippen molar-refractivity contribution in [3.63, 3.8) is 0 Å². The molecule has 0 aliphatic carbocycles. The zero-order valence-electron chi connectivity index (χ0n) is 15.0. The monoisotopic (exact) mass is 343 g/mol. The number of hydrogen-bond acceptors (Lipinski definition) is 4. The molecule has 0 spiro atoms. The topological polar surface area (TPSA) is 42.2 Å². The molecule has 0 bridgehead atoms. The van der Waals surface area contributed by atoms with Gasteiger partial charge in [-0.25, -0.2) is 0 Å². The number of fused-ring (bicyclic) bond motifs is 1. The zero-order chi connectivity index (χ0) is 17.9. The first-order chi connectivity index (χ1) is 12.7. The van der Waals surface area contributed by atoms with E-state index in [1.165, 1.54) is 16.3 Å². The van der Waals surface area contributed by atoms with Gasteiger partial charge in [0.15, 0.2) is 0 Å². The molecule has 4 nitrogen and oxygen atoms in total. The molecule has 0 fully saturated rings. The third kappa shape index (κ3) is 3.37. The number of aromatic nitrogens is 2. The number of hydrogen-bond donors (Lipinski definition) is 0. The van der Waals surface area contributed by atoms with E-state index in [1.807, 2.05) is 30.3 Å². The second kappa shape index (κ2) is 7.10. The van der Waals surface area contributed by atoms with Crippen molar-refractivity contribution in [1.82, 2.24) is 15.0 Å². The summed E-state index contributed by atoms with van der Waals surface area (Å²) in [4.78, 5) is 6.79. The molecule has 4 aromatic rings. The molecule has 1 heterocycles. The highest BCUT2D eigenvalue weighted by Crippen LogP contribution is 2.24. The molecular formula is C22H21N3O. The van der Waals surface area contributed by atoms with Crippen molar-refractivity contribution >= 4 is 10.8 Å². The van der Waals surface area contributed by atoms with Crippen LogP contribution in [-0.4, -0.2) is 22.1 Å². The molecule has 26 heavy (non-hydrogen) atoms. The molecule has 1 unspecified atom stereocenters. The highest BCUT2D eigenvalue weighted by molar-refractivity contribution is 5.82. The third-order valence-corrected chi connectivity index (χ3v) is 4.74. The first kappa shape index (κ1) is 16.5. The molecule has 1 atom stereocenters. The van der Waals surface area contributed by atoms with Crippen LogP contribution in [0.25, 0.3) is 22.2 Å². The smallest absolute Gasteiger partial charge is 0.244 e. The fraction of sp³-hybridized carbons (Fsp3) is 0.182. The minimum Gasteiger partial charge on any atom is -0.337 e. The van der Waals surface area contributed by atoms with Crippen molar-refractivity contribution in [2.75, 3.05) is 7.05 Å². The Kier molecular flexibility index (Phi) is 4.50. The second-order valence-corrected chi connectivity index (χ2v) is 6.59. The molecule has 0 saturated heterocycles. The van der Waals surface area contributed by atoms with Gasteiger partial charge in [0.1, 0.15) is 0 Å². The Labute approximate surface area is 153 Å². The molecule has 130 valence electrons. The highest BCUT2D eigenvalue weighted by atomic mass is 16.5. The number of benzene rings is 3. The van der Waals surface area contributed by atoms with Crippen molar-refractivity contribution in [3.8, 4) is 11.4 Å². The first-order valence-corrected chi connectivity index (χ1v) is 8.77. The summed E-state index contributed by atoms with van der Waals surface area (Å²) in [5, 5.41) is 6.65. The molecule has 0 aliphatic heterocycles. The van der Waals surface area contributed by atoms with Gasteiger partial charge in [0, 0.05) is 12.1 Å². The fourth-order valence-corrected chi connectivity index (χ4v) is 3.06. The maximum atomic E-state index is 5.51. The summed E-state index contributed by atoms with van der Waals surface area (Å²) in [6, 6.07) is 24.9. The third-order valence-electron chi connectivity index (χ3n) is 4.74. The van der Waals surface area contributed by atoms with Gasteiger partial charge in [-0.05, 0) is 36.4 Å². The van der Waals surface area contributed by atoms with Crippen LogP contribution in [0.4, 0.5) is 0 Å². The lowest BCUT2D eigenvalue weighted by atomic mass is 10.1. The van der Waals surface area contributed by atoms with Crippen LogP contribution in [0.3, 0.4) is 0 Å². The molecule has 0 amide bonds. The lowest BCUT2D eigenvalue weighted by molar-refractivity contribution is 0.203. The predicted molar refractivity (Wildman–Crippen MR) is 104 cm³/mol. The van der Waals surface area contributed by atoms with E-state index in [9.17, 15) is 0 Å². The predicted octanol–water partition coefficient (Wildman–Crippen LogP) is 5.08. The van der Waals surface area contributed by atoms with E-state index in [-0.39, 0.29) is 6.04 Å². The van der Waals surface area contributed by atoms with Crippen LogP contribution >= 0.6 is 0 Å². The van der Waals surface area contributed by atoms with Crippen LogP contribution in [0.2, 0.25) is 0 Å². The van der Waals surface area contributed by atoms with Crippen LogP contribution in [0.1, 0.15) is 24.4 Å². The Balaban J connectivity index is 1.50. The largest absolute Gasteiger partial charge is 0.337 e. The zero-order valence-corrected chi connectivity index (χ0v) is 15.0. The highest BCUT2D eigenvalue weighted by Gasteiger charge is 2.19. The van der Waals surface area contributed by atoms with Crippen molar-refractivity contribution < 1.29 is 4.52 Å². The Morgan fingerprint density at radius 1 is 0.923 bits per heavy atom. The number of nitrogens with zero attached hydrogens (tertiary/aromatic N) is 3. The summed E-state index contributed by atoms with van der Waals surface area (Å²) in [5.41, 5.74) is 2.23. The Bertz CT molecular complexity index is 1010. The molecule has 3 aromatic carbocycles. The van der Waals surface area contributed by atoms with E-state index < -0.39 is 0 Å². The van der Waals surface area contributed by atoms with Gasteiger partial charge in [-0.2, -0.15) is 4.98 Å². The van der Waals surface area contributed by atoms with Gasteiger partial charge in [-0.15, -0.1) is 0 Å². The maximum Gasteiger partial charge on any atom is 0.244 e. The minimum atomic E-state index is 0.0337. The van der Waals surface area contributed by atoms with E-state index in [1.54, 1.807) is 0 Å². The van der Waals surface area contributed by atoms with E-state index in [2.05, 4.69) is 71.5 Å². The van der Waals surface area contributed by atoms with Crippen molar-refractivity contribution in [2.45, 2.75) is 19.5 Å². The molecule has 0 N–H and O–H groups in total. The van der Waals surface area contributed by atoms with Gasteiger partial charge in [0.2, 0.25) is 11.7 Å². The molecular weight excluding hydrogens is 322 g/mol. The maximum absolute atomic E-state index is 5.51. The lowest BCUT2D eigenvalue weighted by Gasteiger charge is -2.21. The van der Waals surface area contributed by atoms with Gasteiger partial charge in [-0.1, -0.05) is 71.9 Å². The standard InChI is InChI=1S/C22H21N3O/c1-16(22-23-21(24-26-22)19-9-4-3-5-10-19)25(2)15-17-12-13-18-8-6-7-11-20(18)14-17/h3-14,16H,15H2,1-2H3. The molecule has 1 aromatic heterocycles. The van der Waals surface area contributed by atoms with Gasteiger partial charge >= 0.3 is 0 Å². The van der Waals surface area contributed by atoms with Crippen LogP contribution in [0.5, 0.6) is 0 Å². The van der Waals surface area contributed by atoms with Gasteiger partial charge in [0.05, 0.1) is 6.04 Å². The number of rotatable bonds is 5. The molecule has 0 aliphatic rings. The van der Waals surface area contributed by atoms with Crippen LogP contribution in [-0.2, 0) is 6.54 Å². The van der Waals surface area contributed by atoms with E-state index in [0.717, 1.165) is 12.1 Å². The summed E-state index contributed by atoms with van der Waals surface area (Å²) in [6.07, 6.45) is 0. The van der Waals surface area contributed by atoms with E-state index >= 15 is 0 Å². The minimum absolute atomic E-state index is 0.0337. The van der Waals surface area contributed by atoms with Gasteiger partial charge < -0.3 is 4.52 Å². The van der Waals surface area contributed by atoms with E-state index in [0.29, 0.717) is 11.7 Å². The molecule has 4 rings (SSSR count). The summed E-state index contributed by atoms with van der Waals surface area (Å²) >= 11 is 0. The summed E-state index contributed by atoms with van der Waals surface area (Å²) in [6.45, 7) is 2.90.